The molecule has 1 aromatic rings. The Hall–Kier alpha value is -0.0800. The Kier molecular flexibility index (Phi) is 3.49. The summed E-state index contributed by atoms with van der Waals surface area (Å²) in [5.41, 5.74) is 0. The van der Waals surface area contributed by atoms with Crippen LogP contribution >= 0.6 is 0 Å². The molecule has 16 heavy (non-hydrogen) atoms. The van der Waals surface area contributed by atoms with Crippen molar-refractivity contribution in [2.75, 3.05) is 23.0 Å². The van der Waals surface area contributed by atoms with Gasteiger partial charge in [-0.1, -0.05) is 0 Å². The second kappa shape index (κ2) is 5.05. The molecule has 1 aromatic carbocycles. The molecule has 0 aliphatic carbocycles. The third kappa shape index (κ3) is 2.28. The lowest BCUT2D eigenvalue weighted by Crippen LogP contribution is -2.06. The topological polar surface area (TPSA) is 0 Å². The van der Waals surface area contributed by atoms with Crippen molar-refractivity contribution in [2.45, 2.75) is 35.5 Å². The second-order valence-electron chi connectivity index (χ2n) is 4.69. The van der Waals surface area contributed by atoms with E-state index in [4.69, 9.17) is 0 Å². The molecule has 0 N–H and O–H groups in total. The van der Waals surface area contributed by atoms with Gasteiger partial charge in [-0.15, -0.1) is 0 Å². The lowest BCUT2D eigenvalue weighted by Gasteiger charge is -2.02. The minimum absolute atomic E-state index is 0.603. The molecule has 0 aromatic heterocycles. The molecule has 0 unspecified atom stereocenters. The largest absolute Gasteiger partial charge is 0.155 e. The standard InChI is InChI=1S/C14H20S2/c1-2-10-15(9-1)13-5-7-14(8-6-13)16-11-3-4-12-16/h5-8H,1-4,9-12H2/q+2. The lowest BCUT2D eigenvalue weighted by atomic mass is 10.4. The quantitative estimate of drug-likeness (QED) is 0.709. The van der Waals surface area contributed by atoms with E-state index in [1.165, 1.54) is 48.7 Å². The van der Waals surface area contributed by atoms with Crippen LogP contribution in [-0.2, 0) is 21.8 Å². The van der Waals surface area contributed by atoms with Gasteiger partial charge in [-0.05, 0) is 49.9 Å². The molecule has 2 heteroatoms. The highest BCUT2D eigenvalue weighted by Crippen LogP contribution is 2.27. The van der Waals surface area contributed by atoms with Crippen LogP contribution in [0.15, 0.2) is 34.1 Å². The number of benzene rings is 1. The number of rotatable bonds is 2. The van der Waals surface area contributed by atoms with Gasteiger partial charge in [-0.2, -0.15) is 0 Å². The fourth-order valence-corrected chi connectivity index (χ4v) is 7.21. The van der Waals surface area contributed by atoms with E-state index in [-0.39, 0.29) is 0 Å². The van der Waals surface area contributed by atoms with E-state index in [0.29, 0.717) is 21.8 Å². The zero-order valence-electron chi connectivity index (χ0n) is 9.78. The molecule has 0 nitrogen and oxygen atoms in total. The van der Waals surface area contributed by atoms with E-state index in [9.17, 15) is 0 Å². The van der Waals surface area contributed by atoms with Crippen LogP contribution in [0.5, 0.6) is 0 Å². The summed E-state index contributed by atoms with van der Waals surface area (Å²) in [7, 11) is 1.21. The molecular weight excluding hydrogens is 232 g/mol. The first-order valence-corrected chi connectivity index (χ1v) is 9.51. The van der Waals surface area contributed by atoms with Crippen molar-refractivity contribution in [1.82, 2.24) is 0 Å². The lowest BCUT2D eigenvalue weighted by molar-refractivity contribution is 0.949. The summed E-state index contributed by atoms with van der Waals surface area (Å²) in [6.07, 6.45) is 5.81. The smallest absolute Gasteiger partial charge is 0.00308 e. The second-order valence-corrected chi connectivity index (χ2v) is 9.23. The van der Waals surface area contributed by atoms with Gasteiger partial charge in [0.05, 0.1) is 0 Å². The summed E-state index contributed by atoms with van der Waals surface area (Å²) in [5.74, 6) is 5.80. The Morgan fingerprint density at radius 3 is 1.19 bits per heavy atom. The van der Waals surface area contributed by atoms with Gasteiger partial charge in [-0.25, -0.2) is 0 Å². The molecule has 0 atom stereocenters. The highest BCUT2D eigenvalue weighted by atomic mass is 32.2. The van der Waals surface area contributed by atoms with Crippen LogP contribution in [0.1, 0.15) is 25.7 Å². The summed E-state index contributed by atoms with van der Waals surface area (Å²) in [4.78, 5) is 3.26. The molecule has 2 fully saturated rings. The maximum atomic E-state index is 2.43. The third-order valence-corrected chi connectivity index (χ3v) is 8.56. The van der Waals surface area contributed by atoms with Crippen molar-refractivity contribution in [3.05, 3.63) is 24.3 Å². The summed E-state index contributed by atoms with van der Waals surface area (Å²) in [5, 5.41) is 0. The van der Waals surface area contributed by atoms with Gasteiger partial charge in [-0.3, -0.25) is 0 Å². The van der Waals surface area contributed by atoms with Gasteiger partial charge >= 0.3 is 0 Å². The zero-order valence-corrected chi connectivity index (χ0v) is 11.4. The predicted octanol–water partition coefficient (Wildman–Crippen LogP) is 3.23. The van der Waals surface area contributed by atoms with Crippen molar-refractivity contribution < 1.29 is 0 Å². The van der Waals surface area contributed by atoms with E-state index in [2.05, 4.69) is 24.3 Å². The molecule has 2 aliphatic rings. The first-order valence-electron chi connectivity index (χ1n) is 6.38. The van der Waals surface area contributed by atoms with E-state index < -0.39 is 0 Å². The minimum atomic E-state index is 0.603. The number of hydrogen-bond donors (Lipinski definition) is 0. The van der Waals surface area contributed by atoms with Crippen molar-refractivity contribution in [2.24, 2.45) is 0 Å². The average Bonchev–Trinajstić information content (AvgIpc) is 3.03. The maximum Gasteiger partial charge on any atom is 0.155 e. The first kappa shape index (κ1) is 11.0. The monoisotopic (exact) mass is 252 g/mol. The molecule has 2 saturated heterocycles. The van der Waals surface area contributed by atoms with E-state index >= 15 is 0 Å². The summed E-state index contributed by atoms with van der Waals surface area (Å²) in [6, 6.07) is 9.70. The Balaban J connectivity index is 1.73. The summed E-state index contributed by atoms with van der Waals surface area (Å²) >= 11 is 0. The van der Waals surface area contributed by atoms with Gasteiger partial charge in [0.1, 0.15) is 23.0 Å². The van der Waals surface area contributed by atoms with Crippen molar-refractivity contribution >= 4 is 21.8 Å². The molecule has 0 spiro atoms. The molecule has 0 bridgehead atoms. The molecular formula is C14H20S2+2. The van der Waals surface area contributed by atoms with E-state index in [1.807, 2.05) is 0 Å². The molecule has 0 amide bonds. The third-order valence-electron chi connectivity index (χ3n) is 3.55. The summed E-state index contributed by atoms with van der Waals surface area (Å²) in [6.45, 7) is 0. The zero-order chi connectivity index (χ0) is 10.8. The van der Waals surface area contributed by atoms with Gasteiger partial charge in [0, 0.05) is 21.8 Å². The normalized spacial score (nSPS) is 23.0. The number of hydrogen-bond acceptors (Lipinski definition) is 0. The average molecular weight is 252 g/mol. The molecule has 86 valence electrons. The van der Waals surface area contributed by atoms with Crippen LogP contribution in [0.2, 0.25) is 0 Å². The maximum absolute atomic E-state index is 2.43. The fraction of sp³-hybridized carbons (Fsp3) is 0.571. The molecule has 3 rings (SSSR count). The van der Waals surface area contributed by atoms with Gasteiger partial charge < -0.3 is 0 Å². The molecule has 0 radical (unpaired) electrons. The van der Waals surface area contributed by atoms with Crippen LogP contribution in [0.25, 0.3) is 0 Å². The molecule has 0 saturated carbocycles. The van der Waals surface area contributed by atoms with Crippen LogP contribution in [-0.4, -0.2) is 23.0 Å². The van der Waals surface area contributed by atoms with Gasteiger partial charge in [0.25, 0.3) is 0 Å². The highest BCUT2D eigenvalue weighted by Gasteiger charge is 2.29. The first-order chi connectivity index (χ1) is 7.93. The Morgan fingerprint density at radius 2 is 0.875 bits per heavy atom. The Bertz CT molecular complexity index is 297. The Labute approximate surface area is 105 Å². The van der Waals surface area contributed by atoms with Crippen LogP contribution in [0.3, 0.4) is 0 Å². The SMILES string of the molecule is c1cc([S+]2CCCC2)ccc1[S+]1CCCC1. The molecule has 2 heterocycles. The van der Waals surface area contributed by atoms with Gasteiger partial charge in [0.15, 0.2) is 9.79 Å². The van der Waals surface area contributed by atoms with Crippen LogP contribution in [0.4, 0.5) is 0 Å². The van der Waals surface area contributed by atoms with E-state index in [0.717, 1.165) is 0 Å². The summed E-state index contributed by atoms with van der Waals surface area (Å²) < 4.78 is 0. The van der Waals surface area contributed by atoms with Gasteiger partial charge in [0.2, 0.25) is 0 Å². The Morgan fingerprint density at radius 1 is 0.562 bits per heavy atom. The van der Waals surface area contributed by atoms with Crippen LogP contribution < -0.4 is 0 Å². The minimum Gasteiger partial charge on any atom is -0.00308 e. The van der Waals surface area contributed by atoms with Crippen molar-refractivity contribution in [3.8, 4) is 0 Å². The van der Waals surface area contributed by atoms with E-state index in [1.54, 1.807) is 9.79 Å². The van der Waals surface area contributed by atoms with Crippen LogP contribution in [0, 0.1) is 0 Å². The highest BCUT2D eigenvalue weighted by molar-refractivity contribution is 7.97. The van der Waals surface area contributed by atoms with Crippen molar-refractivity contribution in [3.63, 3.8) is 0 Å². The fourth-order valence-electron chi connectivity index (χ4n) is 2.61. The molecule has 2 aliphatic heterocycles. The van der Waals surface area contributed by atoms with Crippen molar-refractivity contribution in [1.29, 1.82) is 0 Å². The predicted molar refractivity (Wildman–Crippen MR) is 75.6 cm³/mol.